The molecule has 0 bridgehead atoms. The number of carbonyl (C=O) groups is 2. The van der Waals surface area contributed by atoms with E-state index in [2.05, 4.69) is 10.6 Å². The van der Waals surface area contributed by atoms with Crippen LogP contribution in [0, 0.1) is 11.8 Å². The first kappa shape index (κ1) is 12.4. The van der Waals surface area contributed by atoms with Crippen LogP contribution < -0.4 is 10.6 Å². The van der Waals surface area contributed by atoms with Crippen LogP contribution in [0.4, 0.5) is 0 Å². The first-order valence-corrected chi connectivity index (χ1v) is 6.40. The summed E-state index contributed by atoms with van der Waals surface area (Å²) in [4.78, 5) is 22.8. The van der Waals surface area contributed by atoms with Crippen molar-refractivity contribution in [2.45, 2.75) is 38.1 Å². The number of carboxylic acids is 1. The number of piperidine rings is 1. The van der Waals surface area contributed by atoms with Crippen LogP contribution in [-0.2, 0) is 9.59 Å². The van der Waals surface area contributed by atoms with E-state index in [0.29, 0.717) is 19.3 Å². The number of aliphatic carboxylic acids is 1. The molecule has 2 rings (SSSR count). The van der Waals surface area contributed by atoms with Gasteiger partial charge in [-0.25, -0.2) is 0 Å². The van der Waals surface area contributed by atoms with E-state index in [0.717, 1.165) is 25.9 Å². The second-order valence-corrected chi connectivity index (χ2v) is 5.08. The van der Waals surface area contributed by atoms with E-state index in [1.165, 1.54) is 0 Å². The van der Waals surface area contributed by atoms with Gasteiger partial charge in [0.25, 0.3) is 0 Å². The third-order valence-corrected chi connectivity index (χ3v) is 3.84. The van der Waals surface area contributed by atoms with E-state index in [4.69, 9.17) is 5.11 Å². The lowest BCUT2D eigenvalue weighted by Gasteiger charge is -2.25. The molecular weight excluding hydrogens is 220 g/mol. The van der Waals surface area contributed by atoms with Gasteiger partial charge >= 0.3 is 5.97 Å². The molecule has 0 spiro atoms. The summed E-state index contributed by atoms with van der Waals surface area (Å²) in [5.41, 5.74) is 0. The minimum atomic E-state index is -0.762. The number of hydrogen-bond donors (Lipinski definition) is 3. The largest absolute Gasteiger partial charge is 0.481 e. The summed E-state index contributed by atoms with van der Waals surface area (Å²) in [5, 5.41) is 15.2. The standard InChI is InChI=1S/C12H20N2O3/c15-11(14-10-3-5-13-6-4-10)8-1-2-9(7-8)12(16)17/h8-10,13H,1-7H2,(H,14,15)(H,16,17). The Bertz CT molecular complexity index is 300. The zero-order valence-electron chi connectivity index (χ0n) is 9.95. The quantitative estimate of drug-likeness (QED) is 0.665. The second kappa shape index (κ2) is 5.49. The Morgan fingerprint density at radius 3 is 2.29 bits per heavy atom. The second-order valence-electron chi connectivity index (χ2n) is 5.08. The Morgan fingerprint density at radius 1 is 1.06 bits per heavy atom. The number of hydrogen-bond acceptors (Lipinski definition) is 3. The molecule has 1 saturated carbocycles. The van der Waals surface area contributed by atoms with E-state index in [1.54, 1.807) is 0 Å². The first-order valence-electron chi connectivity index (χ1n) is 6.40. The molecule has 1 aliphatic heterocycles. The molecule has 2 atom stereocenters. The predicted octanol–water partition coefficient (Wildman–Crippen LogP) is 0.355. The van der Waals surface area contributed by atoms with Crippen molar-refractivity contribution in [3.05, 3.63) is 0 Å². The molecular formula is C12H20N2O3. The lowest BCUT2D eigenvalue weighted by atomic mass is 10.0. The van der Waals surface area contributed by atoms with Gasteiger partial charge in [-0.3, -0.25) is 9.59 Å². The van der Waals surface area contributed by atoms with Crippen LogP contribution in [0.3, 0.4) is 0 Å². The molecule has 1 heterocycles. The van der Waals surface area contributed by atoms with E-state index < -0.39 is 5.97 Å². The van der Waals surface area contributed by atoms with Gasteiger partial charge in [-0.2, -0.15) is 0 Å². The molecule has 2 aliphatic rings. The average Bonchev–Trinajstić information content (AvgIpc) is 2.79. The maximum absolute atomic E-state index is 12.0. The number of rotatable bonds is 3. The summed E-state index contributed by atoms with van der Waals surface area (Å²) < 4.78 is 0. The number of carbonyl (C=O) groups excluding carboxylic acids is 1. The Balaban J connectivity index is 1.78. The summed E-state index contributed by atoms with van der Waals surface area (Å²) in [6.07, 6.45) is 3.81. The van der Waals surface area contributed by atoms with Gasteiger partial charge < -0.3 is 15.7 Å². The summed E-state index contributed by atoms with van der Waals surface area (Å²) in [7, 11) is 0. The lowest BCUT2D eigenvalue weighted by molar-refractivity contribution is -0.141. The molecule has 2 fully saturated rings. The third kappa shape index (κ3) is 3.19. The summed E-state index contributed by atoms with van der Waals surface area (Å²) >= 11 is 0. The van der Waals surface area contributed by atoms with Crippen molar-refractivity contribution in [3.63, 3.8) is 0 Å². The zero-order chi connectivity index (χ0) is 12.3. The minimum Gasteiger partial charge on any atom is -0.481 e. The molecule has 1 saturated heterocycles. The summed E-state index contributed by atoms with van der Waals surface area (Å²) in [6, 6.07) is 0.271. The van der Waals surface area contributed by atoms with Crippen molar-refractivity contribution in [1.82, 2.24) is 10.6 Å². The highest BCUT2D eigenvalue weighted by Gasteiger charge is 2.34. The van der Waals surface area contributed by atoms with Crippen LogP contribution in [-0.4, -0.2) is 36.1 Å². The molecule has 0 radical (unpaired) electrons. The highest BCUT2D eigenvalue weighted by Crippen LogP contribution is 2.31. The van der Waals surface area contributed by atoms with Crippen molar-refractivity contribution < 1.29 is 14.7 Å². The van der Waals surface area contributed by atoms with Crippen molar-refractivity contribution in [1.29, 1.82) is 0 Å². The zero-order valence-corrected chi connectivity index (χ0v) is 9.95. The van der Waals surface area contributed by atoms with Crippen molar-refractivity contribution in [2.75, 3.05) is 13.1 Å². The normalized spacial score (nSPS) is 30.1. The molecule has 1 aliphatic carbocycles. The van der Waals surface area contributed by atoms with Crippen molar-refractivity contribution >= 4 is 11.9 Å². The molecule has 17 heavy (non-hydrogen) atoms. The maximum atomic E-state index is 12.0. The van der Waals surface area contributed by atoms with Gasteiger partial charge in [-0.05, 0) is 45.2 Å². The van der Waals surface area contributed by atoms with Gasteiger partial charge in [0.1, 0.15) is 0 Å². The monoisotopic (exact) mass is 240 g/mol. The van der Waals surface area contributed by atoms with E-state index in [-0.39, 0.29) is 23.8 Å². The van der Waals surface area contributed by atoms with E-state index >= 15 is 0 Å². The van der Waals surface area contributed by atoms with Crippen LogP contribution in [0.5, 0.6) is 0 Å². The van der Waals surface area contributed by atoms with E-state index in [9.17, 15) is 9.59 Å². The Hall–Kier alpha value is -1.10. The molecule has 0 aromatic carbocycles. The molecule has 5 nitrogen and oxygen atoms in total. The third-order valence-electron chi connectivity index (χ3n) is 3.84. The fraction of sp³-hybridized carbons (Fsp3) is 0.833. The van der Waals surface area contributed by atoms with Gasteiger partial charge in [-0.1, -0.05) is 0 Å². The topological polar surface area (TPSA) is 78.4 Å². The van der Waals surface area contributed by atoms with Crippen LogP contribution in [0.1, 0.15) is 32.1 Å². The van der Waals surface area contributed by atoms with Gasteiger partial charge in [0.05, 0.1) is 5.92 Å². The first-order chi connectivity index (χ1) is 8.16. The van der Waals surface area contributed by atoms with E-state index in [1.807, 2.05) is 0 Å². The molecule has 5 heteroatoms. The van der Waals surface area contributed by atoms with Gasteiger partial charge in [0.2, 0.25) is 5.91 Å². The fourth-order valence-electron chi connectivity index (χ4n) is 2.73. The van der Waals surface area contributed by atoms with Crippen LogP contribution in [0.15, 0.2) is 0 Å². The molecule has 2 unspecified atom stereocenters. The van der Waals surface area contributed by atoms with Gasteiger partial charge in [0.15, 0.2) is 0 Å². The van der Waals surface area contributed by atoms with Gasteiger partial charge in [-0.15, -0.1) is 0 Å². The van der Waals surface area contributed by atoms with Crippen molar-refractivity contribution in [2.24, 2.45) is 11.8 Å². The molecule has 0 aromatic rings. The number of nitrogens with one attached hydrogen (secondary N) is 2. The molecule has 3 N–H and O–H groups in total. The average molecular weight is 240 g/mol. The summed E-state index contributed by atoms with van der Waals surface area (Å²) in [5.74, 6) is -1.12. The van der Waals surface area contributed by atoms with Gasteiger partial charge in [0, 0.05) is 12.0 Å². The Morgan fingerprint density at radius 2 is 1.71 bits per heavy atom. The predicted molar refractivity (Wildman–Crippen MR) is 62.5 cm³/mol. The van der Waals surface area contributed by atoms with Crippen LogP contribution >= 0.6 is 0 Å². The number of carboxylic acid groups (broad SMARTS) is 1. The maximum Gasteiger partial charge on any atom is 0.306 e. The lowest BCUT2D eigenvalue weighted by Crippen LogP contribution is -2.44. The summed E-state index contributed by atoms with van der Waals surface area (Å²) in [6.45, 7) is 1.90. The van der Waals surface area contributed by atoms with Crippen molar-refractivity contribution in [3.8, 4) is 0 Å². The number of amides is 1. The highest BCUT2D eigenvalue weighted by molar-refractivity contribution is 5.81. The minimum absolute atomic E-state index is 0.0562. The Labute approximate surface area is 101 Å². The fourth-order valence-corrected chi connectivity index (χ4v) is 2.73. The highest BCUT2D eigenvalue weighted by atomic mass is 16.4. The SMILES string of the molecule is O=C(O)C1CCC(C(=O)NC2CCNCC2)C1. The molecule has 0 aromatic heterocycles. The molecule has 1 amide bonds. The Kier molecular flexibility index (Phi) is 3.99. The van der Waals surface area contributed by atoms with Crippen LogP contribution in [0.2, 0.25) is 0 Å². The smallest absolute Gasteiger partial charge is 0.306 e. The molecule has 96 valence electrons. The van der Waals surface area contributed by atoms with Crippen LogP contribution in [0.25, 0.3) is 0 Å².